The Kier molecular flexibility index (Phi) is 8.42. The number of likely N-dealkylation sites (tertiary alicyclic amines) is 1. The van der Waals surface area contributed by atoms with Crippen molar-refractivity contribution in [1.82, 2.24) is 9.47 Å². The number of benzene rings is 2. The van der Waals surface area contributed by atoms with Crippen molar-refractivity contribution in [2.45, 2.75) is 64.8 Å². The molecule has 0 amide bonds. The molecule has 4 rings (SSSR count). The molecule has 1 saturated heterocycles. The first kappa shape index (κ1) is 27.4. The van der Waals surface area contributed by atoms with E-state index in [1.54, 1.807) is 16.7 Å². The van der Waals surface area contributed by atoms with Crippen LogP contribution >= 0.6 is 23.2 Å². The normalized spacial score (nSPS) is 16.2. The summed E-state index contributed by atoms with van der Waals surface area (Å²) in [6.07, 6.45) is 2.51. The van der Waals surface area contributed by atoms with E-state index in [1.807, 2.05) is 45.0 Å². The van der Waals surface area contributed by atoms with Gasteiger partial charge in [-0.15, -0.1) is 0 Å². The molecule has 2 heterocycles. The smallest absolute Gasteiger partial charge is 0.338 e. The highest BCUT2D eigenvalue weighted by Crippen LogP contribution is 2.34. The van der Waals surface area contributed by atoms with Crippen LogP contribution in [0.4, 0.5) is 4.39 Å². The average Bonchev–Trinajstić information content (AvgIpc) is 3.30. The van der Waals surface area contributed by atoms with Crippen molar-refractivity contribution in [2.75, 3.05) is 6.54 Å². The van der Waals surface area contributed by atoms with Crippen LogP contribution in [0.5, 0.6) is 0 Å². The Morgan fingerprint density at radius 2 is 1.73 bits per heavy atom. The maximum Gasteiger partial charge on any atom is 0.338 e. The number of ether oxygens (including phenoxy) is 1. The number of carbonyl (C=O) groups is 1. The van der Waals surface area contributed by atoms with Crippen molar-refractivity contribution in [2.24, 2.45) is 0 Å². The molecule has 0 N–H and O–H groups in total. The lowest BCUT2D eigenvalue weighted by Gasteiger charge is -2.27. The number of halogens is 3. The number of rotatable bonds is 7. The predicted octanol–water partition coefficient (Wildman–Crippen LogP) is 6.83. The molecule has 0 bridgehead atoms. The Balaban J connectivity index is 1.53. The monoisotopic (exact) mass is 544 g/mol. The van der Waals surface area contributed by atoms with Crippen LogP contribution in [0.1, 0.15) is 66.8 Å². The maximum absolute atomic E-state index is 13.5. The topological polar surface area (TPSA) is 51.5 Å². The van der Waals surface area contributed by atoms with E-state index in [4.69, 9.17) is 27.9 Å². The van der Waals surface area contributed by atoms with Gasteiger partial charge in [-0.1, -0.05) is 47.5 Å². The number of hydrogen-bond donors (Lipinski definition) is 0. The van der Waals surface area contributed by atoms with Crippen molar-refractivity contribution < 1.29 is 13.9 Å². The molecule has 1 aliphatic heterocycles. The average molecular weight is 545 g/mol. The summed E-state index contributed by atoms with van der Waals surface area (Å²) in [4.78, 5) is 27.6. The number of aromatic nitrogens is 1. The van der Waals surface area contributed by atoms with Crippen molar-refractivity contribution in [1.29, 1.82) is 0 Å². The lowest BCUT2D eigenvalue weighted by molar-refractivity contribution is 0.00695. The highest BCUT2D eigenvalue weighted by molar-refractivity contribution is 6.34. The zero-order valence-electron chi connectivity index (χ0n) is 21.3. The third kappa shape index (κ3) is 6.81. The Morgan fingerprint density at radius 3 is 2.38 bits per heavy atom. The highest BCUT2D eigenvalue weighted by Gasteiger charge is 2.28. The Morgan fingerprint density at radius 1 is 1.05 bits per heavy atom. The largest absolute Gasteiger partial charge is 0.456 e. The van der Waals surface area contributed by atoms with E-state index in [0.717, 1.165) is 30.5 Å². The zero-order valence-corrected chi connectivity index (χ0v) is 22.8. The van der Waals surface area contributed by atoms with E-state index in [-0.39, 0.29) is 28.4 Å². The summed E-state index contributed by atoms with van der Waals surface area (Å²) in [6, 6.07) is 15.4. The van der Waals surface area contributed by atoms with Crippen molar-refractivity contribution >= 4 is 29.2 Å². The third-order valence-corrected chi connectivity index (χ3v) is 7.09. The van der Waals surface area contributed by atoms with Gasteiger partial charge in [-0.25, -0.2) is 9.18 Å². The van der Waals surface area contributed by atoms with Crippen LogP contribution in [-0.4, -0.2) is 27.6 Å². The van der Waals surface area contributed by atoms with Gasteiger partial charge in [0.1, 0.15) is 16.4 Å². The molecular formula is C29H31Cl2FN2O3. The van der Waals surface area contributed by atoms with Gasteiger partial charge >= 0.3 is 5.97 Å². The molecule has 0 radical (unpaired) electrons. The summed E-state index contributed by atoms with van der Waals surface area (Å²) < 4.78 is 20.5. The number of carbonyl (C=O) groups excluding carboxylic acids is 1. The molecule has 1 fully saturated rings. The molecular weight excluding hydrogens is 514 g/mol. The molecule has 5 nitrogen and oxygen atoms in total. The third-order valence-electron chi connectivity index (χ3n) is 6.49. The van der Waals surface area contributed by atoms with E-state index >= 15 is 0 Å². The summed E-state index contributed by atoms with van der Waals surface area (Å²) >= 11 is 12.8. The van der Waals surface area contributed by atoms with Gasteiger partial charge in [-0.05, 0) is 88.0 Å². The van der Waals surface area contributed by atoms with Gasteiger partial charge in [0.05, 0.1) is 16.3 Å². The first-order valence-electron chi connectivity index (χ1n) is 12.4. The molecule has 1 aromatic heterocycles. The molecule has 8 heteroatoms. The molecule has 1 atom stereocenters. The van der Waals surface area contributed by atoms with E-state index in [0.29, 0.717) is 35.8 Å². The molecule has 2 aromatic carbocycles. The summed E-state index contributed by atoms with van der Waals surface area (Å²) in [5.41, 5.74) is 2.33. The number of hydrogen-bond acceptors (Lipinski definition) is 4. The molecule has 1 unspecified atom stereocenters. The molecule has 37 heavy (non-hydrogen) atoms. The van der Waals surface area contributed by atoms with Gasteiger partial charge in [0, 0.05) is 19.1 Å². The van der Waals surface area contributed by atoms with Crippen LogP contribution in [0.2, 0.25) is 10.0 Å². The van der Waals surface area contributed by atoms with Crippen molar-refractivity contribution in [3.05, 3.63) is 103 Å². The minimum absolute atomic E-state index is 0.0746. The summed E-state index contributed by atoms with van der Waals surface area (Å²) in [6.45, 7) is 7.19. The Labute approximate surface area is 226 Å². The lowest BCUT2D eigenvalue weighted by atomic mass is 10.0. The number of pyridine rings is 1. The molecule has 0 aliphatic carbocycles. The van der Waals surface area contributed by atoms with Gasteiger partial charge in [-0.3, -0.25) is 9.69 Å². The molecule has 1 aliphatic rings. The molecule has 0 spiro atoms. The van der Waals surface area contributed by atoms with Crippen LogP contribution in [0.3, 0.4) is 0 Å². The first-order chi connectivity index (χ1) is 17.5. The number of aryl methyl sites for hydroxylation is 1. The fraction of sp³-hybridized carbons (Fsp3) is 0.379. The number of nitrogens with zero attached hydrogens (tertiary/aromatic N) is 2. The van der Waals surface area contributed by atoms with E-state index in [9.17, 15) is 14.0 Å². The van der Waals surface area contributed by atoms with Crippen LogP contribution in [0, 0.1) is 5.82 Å². The van der Waals surface area contributed by atoms with E-state index in [1.165, 1.54) is 18.2 Å². The molecule has 3 aromatic rings. The van der Waals surface area contributed by atoms with Gasteiger partial charge in [0.15, 0.2) is 0 Å². The second-order valence-corrected chi connectivity index (χ2v) is 11.2. The maximum atomic E-state index is 13.5. The second kappa shape index (κ2) is 11.4. The van der Waals surface area contributed by atoms with Gasteiger partial charge in [-0.2, -0.15) is 0 Å². The van der Waals surface area contributed by atoms with Crippen LogP contribution in [-0.2, 0) is 24.2 Å². The minimum atomic E-state index is -0.565. The summed E-state index contributed by atoms with van der Waals surface area (Å²) in [7, 11) is 0. The van der Waals surface area contributed by atoms with Gasteiger partial charge in [0.2, 0.25) is 0 Å². The Bertz CT molecular complexity index is 1320. The van der Waals surface area contributed by atoms with E-state index < -0.39 is 5.60 Å². The molecule has 0 saturated carbocycles. The summed E-state index contributed by atoms with van der Waals surface area (Å²) in [5.74, 6) is -0.637. The Hall–Kier alpha value is -2.67. The quantitative estimate of drug-likeness (QED) is 0.306. The first-order valence-corrected chi connectivity index (χ1v) is 13.2. The standard InChI is InChI=1S/C29H31Cl2FN2O3/c1-29(2,3)37-28(36)21-8-6-19(7-9-21)14-16-34-26(23(30)17-24(31)27(34)35)18-33-15-4-5-25(33)20-10-12-22(32)13-11-20/h6-13,17,25H,4-5,14-16,18H2,1-3H3. The van der Waals surface area contributed by atoms with Crippen LogP contribution in [0.15, 0.2) is 59.4 Å². The SMILES string of the molecule is CC(C)(C)OC(=O)c1ccc(CCn2c(CN3CCCC3c3ccc(F)cc3)c(Cl)cc(Cl)c2=O)cc1. The van der Waals surface area contributed by atoms with Gasteiger partial charge < -0.3 is 9.30 Å². The second-order valence-electron chi connectivity index (χ2n) is 10.4. The highest BCUT2D eigenvalue weighted by atomic mass is 35.5. The minimum Gasteiger partial charge on any atom is -0.456 e. The lowest BCUT2D eigenvalue weighted by Crippen LogP contribution is -2.31. The van der Waals surface area contributed by atoms with Crippen molar-refractivity contribution in [3.63, 3.8) is 0 Å². The van der Waals surface area contributed by atoms with Crippen molar-refractivity contribution in [3.8, 4) is 0 Å². The number of esters is 1. The fourth-order valence-electron chi connectivity index (χ4n) is 4.69. The van der Waals surface area contributed by atoms with E-state index in [2.05, 4.69) is 4.90 Å². The van der Waals surface area contributed by atoms with Crippen LogP contribution in [0.25, 0.3) is 0 Å². The summed E-state index contributed by atoms with van der Waals surface area (Å²) in [5, 5.41) is 0.514. The fourth-order valence-corrected chi connectivity index (χ4v) is 5.23. The zero-order chi connectivity index (χ0) is 26.7. The molecule has 196 valence electrons. The van der Waals surface area contributed by atoms with Crippen LogP contribution < -0.4 is 5.56 Å². The predicted molar refractivity (Wildman–Crippen MR) is 145 cm³/mol. The van der Waals surface area contributed by atoms with Gasteiger partial charge in [0.25, 0.3) is 5.56 Å².